The number of carbonyl (C=O) groups excluding carboxylic acids is 3. The molecule has 27 heavy (non-hydrogen) atoms. The minimum Gasteiger partial charge on any atom is -0.391 e. The lowest BCUT2D eigenvalue weighted by Crippen LogP contribution is -2.50. The van der Waals surface area contributed by atoms with E-state index in [1.54, 1.807) is 6.92 Å². The van der Waals surface area contributed by atoms with Gasteiger partial charge >= 0.3 is 0 Å². The van der Waals surface area contributed by atoms with Gasteiger partial charge in [0.25, 0.3) is 0 Å². The molecule has 0 aliphatic rings. The van der Waals surface area contributed by atoms with Crippen LogP contribution in [0.25, 0.3) is 0 Å². The third-order valence-electron chi connectivity index (χ3n) is 4.36. The van der Waals surface area contributed by atoms with Crippen molar-refractivity contribution in [3.8, 4) is 0 Å². The van der Waals surface area contributed by atoms with Crippen LogP contribution in [0.4, 0.5) is 0 Å². The summed E-state index contributed by atoms with van der Waals surface area (Å²) in [6.07, 6.45) is 0.418. The van der Waals surface area contributed by atoms with Gasteiger partial charge < -0.3 is 26.3 Å². The summed E-state index contributed by atoms with van der Waals surface area (Å²) in [6.45, 7) is 5.25. The molecule has 0 aliphatic carbocycles. The molecule has 0 bridgehead atoms. The van der Waals surface area contributed by atoms with Crippen LogP contribution in [0.5, 0.6) is 0 Å². The SMILES string of the molecule is CC(N)C(=O)N[C@@H](Cc1ccccc1)[C@@H](O)CCC(=O)NC(C=O)C(C)C. The second-order valence-electron chi connectivity index (χ2n) is 7.17. The molecule has 150 valence electrons. The van der Waals surface area contributed by atoms with Crippen LogP contribution < -0.4 is 16.4 Å². The number of hydrogen-bond donors (Lipinski definition) is 4. The molecule has 2 unspecified atom stereocenters. The van der Waals surface area contributed by atoms with Crippen molar-refractivity contribution in [2.24, 2.45) is 11.7 Å². The maximum Gasteiger partial charge on any atom is 0.236 e. The van der Waals surface area contributed by atoms with Gasteiger partial charge in [0.2, 0.25) is 11.8 Å². The van der Waals surface area contributed by atoms with E-state index in [9.17, 15) is 19.5 Å². The van der Waals surface area contributed by atoms with Gasteiger partial charge in [-0.15, -0.1) is 0 Å². The van der Waals surface area contributed by atoms with Crippen molar-refractivity contribution >= 4 is 18.1 Å². The fraction of sp³-hybridized carbons (Fsp3) is 0.550. The second kappa shape index (κ2) is 11.5. The monoisotopic (exact) mass is 377 g/mol. The van der Waals surface area contributed by atoms with Crippen LogP contribution in [0.15, 0.2) is 30.3 Å². The molecule has 0 aromatic heterocycles. The van der Waals surface area contributed by atoms with Crippen LogP contribution in [0.3, 0.4) is 0 Å². The summed E-state index contributed by atoms with van der Waals surface area (Å²) >= 11 is 0. The zero-order valence-electron chi connectivity index (χ0n) is 16.2. The van der Waals surface area contributed by atoms with Crippen LogP contribution in [-0.2, 0) is 20.8 Å². The smallest absolute Gasteiger partial charge is 0.236 e. The number of hydrogen-bond acceptors (Lipinski definition) is 5. The summed E-state index contributed by atoms with van der Waals surface area (Å²) in [5.41, 5.74) is 6.56. The molecule has 0 heterocycles. The molecule has 0 aliphatic heterocycles. The lowest BCUT2D eigenvalue weighted by molar-refractivity contribution is -0.125. The molecule has 5 N–H and O–H groups in total. The van der Waals surface area contributed by atoms with E-state index >= 15 is 0 Å². The van der Waals surface area contributed by atoms with Crippen LogP contribution in [0.2, 0.25) is 0 Å². The summed E-state index contributed by atoms with van der Waals surface area (Å²) in [5, 5.41) is 15.9. The number of aldehydes is 1. The number of aliphatic hydroxyl groups excluding tert-OH is 1. The average Bonchev–Trinajstić information content (AvgIpc) is 2.63. The van der Waals surface area contributed by atoms with E-state index in [1.807, 2.05) is 44.2 Å². The minimum atomic E-state index is -0.924. The van der Waals surface area contributed by atoms with Gasteiger partial charge in [-0.25, -0.2) is 0 Å². The predicted molar refractivity (Wildman–Crippen MR) is 104 cm³/mol. The quantitative estimate of drug-likeness (QED) is 0.419. The van der Waals surface area contributed by atoms with Gasteiger partial charge in [0.15, 0.2) is 0 Å². The first-order chi connectivity index (χ1) is 12.7. The standard InChI is InChI=1S/C20H31N3O4/c1-13(2)17(12-24)22-19(26)10-9-18(25)16(23-20(27)14(3)21)11-15-7-5-4-6-8-15/h4-8,12-14,16-18,25H,9-11,21H2,1-3H3,(H,22,26)(H,23,27)/t14?,16-,17?,18-/m0/s1. The number of benzene rings is 1. The van der Waals surface area contributed by atoms with Gasteiger partial charge in [-0.2, -0.15) is 0 Å². The molecule has 7 heteroatoms. The molecular weight excluding hydrogens is 346 g/mol. The molecule has 0 saturated heterocycles. The van der Waals surface area contributed by atoms with Gasteiger partial charge in [0.1, 0.15) is 6.29 Å². The number of amides is 2. The maximum atomic E-state index is 12.0. The molecule has 1 rings (SSSR count). The Kier molecular flexibility index (Phi) is 9.67. The molecule has 0 radical (unpaired) electrons. The van der Waals surface area contributed by atoms with E-state index in [-0.39, 0.29) is 30.6 Å². The van der Waals surface area contributed by atoms with Gasteiger partial charge in [-0.1, -0.05) is 44.2 Å². The summed E-state index contributed by atoms with van der Waals surface area (Å²) in [5.74, 6) is -0.676. The van der Waals surface area contributed by atoms with E-state index in [0.29, 0.717) is 12.7 Å². The number of carbonyl (C=O) groups is 3. The third-order valence-corrected chi connectivity index (χ3v) is 4.36. The Balaban J connectivity index is 2.69. The van der Waals surface area contributed by atoms with Crippen molar-refractivity contribution in [2.75, 3.05) is 0 Å². The van der Waals surface area contributed by atoms with Gasteiger partial charge in [-0.05, 0) is 31.2 Å². The topological polar surface area (TPSA) is 122 Å². The lowest BCUT2D eigenvalue weighted by Gasteiger charge is -2.25. The zero-order valence-corrected chi connectivity index (χ0v) is 16.2. The molecule has 0 spiro atoms. The summed E-state index contributed by atoms with van der Waals surface area (Å²) in [4.78, 5) is 35.0. The fourth-order valence-corrected chi connectivity index (χ4v) is 2.56. The van der Waals surface area contributed by atoms with Gasteiger partial charge in [0.05, 0.1) is 24.2 Å². The fourth-order valence-electron chi connectivity index (χ4n) is 2.56. The highest BCUT2D eigenvalue weighted by molar-refractivity contribution is 5.81. The van der Waals surface area contributed by atoms with Crippen molar-refractivity contribution in [3.05, 3.63) is 35.9 Å². The van der Waals surface area contributed by atoms with Gasteiger partial charge in [0, 0.05) is 6.42 Å². The van der Waals surface area contributed by atoms with Crippen molar-refractivity contribution in [3.63, 3.8) is 0 Å². The van der Waals surface area contributed by atoms with Crippen molar-refractivity contribution in [2.45, 2.75) is 64.3 Å². The third kappa shape index (κ3) is 8.32. The summed E-state index contributed by atoms with van der Waals surface area (Å²) in [7, 11) is 0. The van der Waals surface area contributed by atoms with E-state index in [4.69, 9.17) is 5.73 Å². The Labute approximate surface area is 160 Å². The van der Waals surface area contributed by atoms with Crippen molar-refractivity contribution in [1.82, 2.24) is 10.6 Å². The Bertz CT molecular complexity index is 605. The highest BCUT2D eigenvalue weighted by Crippen LogP contribution is 2.11. The number of aliphatic hydroxyl groups is 1. The largest absolute Gasteiger partial charge is 0.391 e. The van der Waals surface area contributed by atoms with Crippen LogP contribution in [-0.4, -0.2) is 47.4 Å². The molecule has 2 amide bonds. The molecule has 7 nitrogen and oxygen atoms in total. The van der Waals surface area contributed by atoms with Crippen molar-refractivity contribution < 1.29 is 19.5 Å². The normalized spacial score (nSPS) is 15.5. The first-order valence-electron chi connectivity index (χ1n) is 9.27. The highest BCUT2D eigenvalue weighted by Gasteiger charge is 2.24. The van der Waals surface area contributed by atoms with Crippen LogP contribution in [0, 0.1) is 5.92 Å². The first-order valence-corrected chi connectivity index (χ1v) is 9.27. The van der Waals surface area contributed by atoms with E-state index in [0.717, 1.165) is 5.56 Å². The maximum absolute atomic E-state index is 12.0. The Hall–Kier alpha value is -2.25. The Morgan fingerprint density at radius 1 is 1.15 bits per heavy atom. The first kappa shape index (κ1) is 22.8. The van der Waals surface area contributed by atoms with Crippen molar-refractivity contribution in [1.29, 1.82) is 0 Å². The summed E-state index contributed by atoms with van der Waals surface area (Å²) in [6, 6.07) is 7.65. The molecule has 1 aromatic carbocycles. The number of rotatable bonds is 11. The Morgan fingerprint density at radius 2 is 1.78 bits per heavy atom. The molecular formula is C20H31N3O4. The second-order valence-corrected chi connectivity index (χ2v) is 7.17. The number of nitrogens with one attached hydrogen (secondary N) is 2. The van der Waals surface area contributed by atoms with E-state index < -0.39 is 24.2 Å². The molecule has 0 fully saturated rings. The summed E-state index contributed by atoms with van der Waals surface area (Å²) < 4.78 is 0. The highest BCUT2D eigenvalue weighted by atomic mass is 16.3. The number of nitrogens with two attached hydrogens (primary N) is 1. The molecule has 0 saturated carbocycles. The van der Waals surface area contributed by atoms with Gasteiger partial charge in [-0.3, -0.25) is 9.59 Å². The predicted octanol–water partition coefficient (Wildman–Crippen LogP) is 0.542. The minimum absolute atomic E-state index is 0.00691. The lowest BCUT2D eigenvalue weighted by atomic mass is 9.97. The zero-order chi connectivity index (χ0) is 20.4. The van der Waals surface area contributed by atoms with Crippen LogP contribution in [0.1, 0.15) is 39.2 Å². The molecule has 4 atom stereocenters. The van der Waals surface area contributed by atoms with E-state index in [2.05, 4.69) is 10.6 Å². The van der Waals surface area contributed by atoms with E-state index in [1.165, 1.54) is 0 Å². The average molecular weight is 377 g/mol. The van der Waals surface area contributed by atoms with Crippen LogP contribution >= 0.6 is 0 Å². The molecule has 1 aromatic rings. The Morgan fingerprint density at radius 3 is 2.30 bits per heavy atom.